The van der Waals surface area contributed by atoms with Crippen LogP contribution in [0.4, 0.5) is 0 Å². The van der Waals surface area contributed by atoms with E-state index in [4.69, 9.17) is 0 Å². The third kappa shape index (κ3) is 15.4. The average molecular weight is 502 g/mol. The summed E-state index contributed by atoms with van der Waals surface area (Å²) in [7, 11) is -3.60. The van der Waals surface area contributed by atoms with Crippen LogP contribution < -0.4 is 4.72 Å². The lowest BCUT2D eigenvalue weighted by Crippen LogP contribution is -2.51. The highest BCUT2D eigenvalue weighted by Gasteiger charge is 2.47. The molecule has 0 aliphatic carbocycles. The summed E-state index contributed by atoms with van der Waals surface area (Å²) in [6.07, 6.45) is 19.3. The van der Waals surface area contributed by atoms with Crippen molar-refractivity contribution in [3.8, 4) is 0 Å². The molecule has 1 atom stereocenters. The van der Waals surface area contributed by atoms with Gasteiger partial charge in [-0.15, -0.1) is 0 Å². The lowest BCUT2D eigenvalue weighted by atomic mass is 9.61. The summed E-state index contributed by atoms with van der Waals surface area (Å²) in [5.74, 6) is -0.330. The molecule has 0 saturated carbocycles. The summed E-state index contributed by atoms with van der Waals surface area (Å²) < 4.78 is 27.6. The Balaban J connectivity index is 4.07. The van der Waals surface area contributed by atoms with Gasteiger partial charge in [-0.2, -0.15) is 0 Å². The second-order valence-corrected chi connectivity index (χ2v) is 14.9. The normalized spacial score (nSPS) is 14.7. The molecule has 1 amide bonds. The van der Waals surface area contributed by atoms with Crippen molar-refractivity contribution < 1.29 is 13.2 Å². The van der Waals surface area contributed by atoms with Gasteiger partial charge in [0.15, 0.2) is 0 Å². The molecule has 0 aromatic carbocycles. The first-order valence-corrected chi connectivity index (χ1v) is 15.8. The van der Waals surface area contributed by atoms with Crippen molar-refractivity contribution in [3.63, 3.8) is 0 Å². The van der Waals surface area contributed by atoms with E-state index in [1.54, 1.807) is 0 Å². The lowest BCUT2D eigenvalue weighted by molar-refractivity contribution is -0.136. The fourth-order valence-corrected chi connectivity index (χ4v) is 5.91. The summed E-state index contributed by atoms with van der Waals surface area (Å²) in [4.78, 5) is 13.1. The Labute approximate surface area is 213 Å². The van der Waals surface area contributed by atoms with E-state index in [1.807, 2.05) is 27.7 Å². The monoisotopic (exact) mass is 501 g/mol. The summed E-state index contributed by atoms with van der Waals surface area (Å²) >= 11 is 0. The first kappa shape index (κ1) is 33.4. The molecular formula is C29H59NO3S. The molecule has 0 rings (SSSR count). The van der Waals surface area contributed by atoms with Crippen LogP contribution in [-0.4, -0.2) is 20.1 Å². The minimum atomic E-state index is -3.60. The van der Waals surface area contributed by atoms with Gasteiger partial charge >= 0.3 is 0 Å². The zero-order valence-electron chi connectivity index (χ0n) is 24.2. The fraction of sp³-hybridized carbons (Fsp3) is 0.966. The minimum absolute atomic E-state index is 0.0345. The number of hydrogen-bond acceptors (Lipinski definition) is 3. The van der Waals surface area contributed by atoms with E-state index in [-0.39, 0.29) is 22.5 Å². The van der Waals surface area contributed by atoms with Gasteiger partial charge in [0, 0.05) is 0 Å². The number of sulfonamides is 1. The number of carbonyl (C=O) groups excluding carboxylic acids is 1. The van der Waals surface area contributed by atoms with Gasteiger partial charge in [-0.1, -0.05) is 145 Å². The molecule has 0 aromatic rings. The SMILES string of the molecule is CCCCCCCCCCCCCCCCCS(=O)(=O)NC(=O)C(C)(CC(C)(C)C)C(C)(C)C. The van der Waals surface area contributed by atoms with E-state index in [0.717, 1.165) is 12.8 Å². The molecular weight excluding hydrogens is 442 g/mol. The molecule has 0 spiro atoms. The Bertz CT molecular complexity index is 643. The number of amides is 1. The highest BCUT2D eigenvalue weighted by molar-refractivity contribution is 7.90. The maximum Gasteiger partial charge on any atom is 0.239 e. The summed E-state index contributed by atoms with van der Waals surface area (Å²) in [6, 6.07) is 0. The Morgan fingerprint density at radius 1 is 0.618 bits per heavy atom. The molecule has 0 aliphatic heterocycles. The molecule has 0 bridgehead atoms. The molecule has 0 aromatic heterocycles. The van der Waals surface area contributed by atoms with Gasteiger partial charge in [-0.3, -0.25) is 9.52 Å². The number of unbranched alkanes of at least 4 members (excludes halogenated alkanes) is 14. The van der Waals surface area contributed by atoms with E-state index in [2.05, 4.69) is 32.4 Å². The van der Waals surface area contributed by atoms with Crippen LogP contribution in [0.25, 0.3) is 0 Å². The van der Waals surface area contributed by atoms with E-state index in [0.29, 0.717) is 12.8 Å². The molecule has 0 heterocycles. The maximum absolute atomic E-state index is 13.1. The molecule has 204 valence electrons. The Morgan fingerprint density at radius 2 is 0.971 bits per heavy atom. The molecule has 0 saturated heterocycles. The minimum Gasteiger partial charge on any atom is -0.273 e. The Kier molecular flexibility index (Phi) is 15.9. The first-order chi connectivity index (χ1) is 15.6. The van der Waals surface area contributed by atoms with Crippen LogP contribution in [0.15, 0.2) is 0 Å². The average Bonchev–Trinajstić information content (AvgIpc) is 2.68. The molecule has 1 N–H and O–H groups in total. The molecule has 34 heavy (non-hydrogen) atoms. The van der Waals surface area contributed by atoms with Crippen molar-refractivity contribution in [2.75, 3.05) is 5.75 Å². The van der Waals surface area contributed by atoms with Crippen LogP contribution in [0.5, 0.6) is 0 Å². The second kappa shape index (κ2) is 16.2. The largest absolute Gasteiger partial charge is 0.273 e. The molecule has 0 radical (unpaired) electrons. The van der Waals surface area contributed by atoms with Crippen LogP contribution in [0, 0.1) is 16.2 Å². The number of nitrogens with one attached hydrogen (secondary N) is 1. The highest BCUT2D eigenvalue weighted by atomic mass is 32.2. The fourth-order valence-electron chi connectivity index (χ4n) is 4.71. The Morgan fingerprint density at radius 3 is 1.29 bits per heavy atom. The zero-order valence-corrected chi connectivity index (χ0v) is 25.0. The maximum atomic E-state index is 13.1. The molecule has 5 heteroatoms. The summed E-state index contributed by atoms with van der Waals surface area (Å²) in [6.45, 7) is 16.5. The summed E-state index contributed by atoms with van der Waals surface area (Å²) in [5, 5.41) is 0. The van der Waals surface area contributed by atoms with Crippen molar-refractivity contribution in [1.29, 1.82) is 0 Å². The zero-order chi connectivity index (χ0) is 26.3. The van der Waals surface area contributed by atoms with Crippen LogP contribution in [0.2, 0.25) is 0 Å². The van der Waals surface area contributed by atoms with Crippen LogP contribution in [-0.2, 0) is 14.8 Å². The lowest BCUT2D eigenvalue weighted by Gasteiger charge is -2.44. The third-order valence-corrected chi connectivity index (χ3v) is 8.63. The number of hydrogen-bond donors (Lipinski definition) is 1. The van der Waals surface area contributed by atoms with E-state index in [1.165, 1.54) is 77.0 Å². The van der Waals surface area contributed by atoms with Gasteiger partial charge in [-0.25, -0.2) is 8.42 Å². The van der Waals surface area contributed by atoms with Gasteiger partial charge in [0.1, 0.15) is 0 Å². The topological polar surface area (TPSA) is 63.2 Å². The highest BCUT2D eigenvalue weighted by Crippen LogP contribution is 2.46. The predicted molar refractivity (Wildman–Crippen MR) is 148 cm³/mol. The van der Waals surface area contributed by atoms with Crippen molar-refractivity contribution in [1.82, 2.24) is 4.72 Å². The number of carbonyl (C=O) groups is 1. The predicted octanol–water partition coefficient (Wildman–Crippen LogP) is 8.79. The van der Waals surface area contributed by atoms with Crippen molar-refractivity contribution in [3.05, 3.63) is 0 Å². The van der Waals surface area contributed by atoms with E-state index >= 15 is 0 Å². The van der Waals surface area contributed by atoms with Gasteiger partial charge in [0.05, 0.1) is 11.2 Å². The van der Waals surface area contributed by atoms with Crippen LogP contribution >= 0.6 is 0 Å². The van der Waals surface area contributed by atoms with Crippen LogP contribution in [0.1, 0.15) is 158 Å². The van der Waals surface area contributed by atoms with Crippen molar-refractivity contribution >= 4 is 15.9 Å². The summed E-state index contributed by atoms with van der Waals surface area (Å²) in [5.41, 5.74) is -1.17. The smallest absolute Gasteiger partial charge is 0.239 e. The standard InChI is InChI=1S/C29H59NO3S/c1-9-10-11-12-13-14-15-16-17-18-19-20-21-22-23-24-34(32,33)30-26(31)29(8,28(5,6)7)25-27(2,3)4/h9-25H2,1-8H3,(H,30,31). The van der Waals surface area contributed by atoms with Gasteiger partial charge in [0.2, 0.25) is 15.9 Å². The van der Waals surface area contributed by atoms with E-state index in [9.17, 15) is 13.2 Å². The quantitative estimate of drug-likeness (QED) is 0.180. The van der Waals surface area contributed by atoms with E-state index < -0.39 is 15.4 Å². The van der Waals surface area contributed by atoms with Gasteiger partial charge < -0.3 is 0 Å². The molecule has 4 nitrogen and oxygen atoms in total. The third-order valence-electron chi connectivity index (χ3n) is 7.31. The first-order valence-electron chi connectivity index (χ1n) is 14.2. The van der Waals surface area contributed by atoms with Crippen LogP contribution in [0.3, 0.4) is 0 Å². The molecule has 0 fully saturated rings. The van der Waals surface area contributed by atoms with Crippen molar-refractivity contribution in [2.45, 2.75) is 158 Å². The number of rotatable bonds is 19. The second-order valence-electron chi connectivity index (χ2n) is 13.0. The van der Waals surface area contributed by atoms with Gasteiger partial charge in [0.25, 0.3) is 0 Å². The molecule has 1 unspecified atom stereocenters. The van der Waals surface area contributed by atoms with Gasteiger partial charge in [-0.05, 0) is 23.7 Å². The van der Waals surface area contributed by atoms with Crippen molar-refractivity contribution in [2.24, 2.45) is 16.2 Å². The Hall–Kier alpha value is -0.580. The molecule has 0 aliphatic rings.